The molecular formula is C19H22N4O3. The summed E-state index contributed by atoms with van der Waals surface area (Å²) in [4.78, 5) is 18.9. The van der Waals surface area contributed by atoms with E-state index in [-0.39, 0.29) is 12.8 Å². The van der Waals surface area contributed by atoms with Crippen LogP contribution >= 0.6 is 0 Å². The highest BCUT2D eigenvalue weighted by Crippen LogP contribution is 2.34. The van der Waals surface area contributed by atoms with Gasteiger partial charge in [0.15, 0.2) is 11.5 Å². The van der Waals surface area contributed by atoms with Gasteiger partial charge in [-0.05, 0) is 49.1 Å². The number of piperidine rings is 1. The van der Waals surface area contributed by atoms with Gasteiger partial charge in [0.1, 0.15) is 5.82 Å². The summed E-state index contributed by atoms with van der Waals surface area (Å²) in [7, 11) is 0. The van der Waals surface area contributed by atoms with Crippen LogP contribution in [0, 0.1) is 0 Å². The molecular weight excluding hydrogens is 332 g/mol. The molecule has 0 unspecified atom stereocenters. The second-order valence-electron chi connectivity index (χ2n) is 6.45. The Morgan fingerprint density at radius 1 is 1.08 bits per heavy atom. The van der Waals surface area contributed by atoms with Gasteiger partial charge in [0, 0.05) is 37.6 Å². The normalized spacial score (nSPS) is 15.6. The van der Waals surface area contributed by atoms with Crippen LogP contribution in [0.4, 0.5) is 16.3 Å². The summed E-state index contributed by atoms with van der Waals surface area (Å²) < 4.78 is 10.6. The van der Waals surface area contributed by atoms with Crippen LogP contribution < -0.4 is 25.0 Å². The molecule has 4 rings (SSSR count). The molecule has 1 aromatic carbocycles. The van der Waals surface area contributed by atoms with E-state index in [1.165, 1.54) is 19.3 Å². The zero-order valence-corrected chi connectivity index (χ0v) is 14.5. The average molecular weight is 354 g/mol. The molecule has 0 spiro atoms. The Bertz CT molecular complexity index is 790. The largest absolute Gasteiger partial charge is 0.454 e. The summed E-state index contributed by atoms with van der Waals surface area (Å²) in [6.07, 6.45) is 5.51. The van der Waals surface area contributed by atoms with E-state index in [0.29, 0.717) is 23.7 Å². The van der Waals surface area contributed by atoms with Crippen molar-refractivity contribution in [3.63, 3.8) is 0 Å². The van der Waals surface area contributed by atoms with Crippen LogP contribution in [-0.2, 0) is 6.54 Å². The molecule has 1 saturated heterocycles. The number of aromatic nitrogens is 1. The Hall–Kier alpha value is -2.96. The highest BCUT2D eigenvalue weighted by atomic mass is 16.7. The molecule has 2 N–H and O–H groups in total. The monoisotopic (exact) mass is 354 g/mol. The molecule has 7 heteroatoms. The first-order valence-corrected chi connectivity index (χ1v) is 8.92. The zero-order valence-electron chi connectivity index (χ0n) is 14.5. The molecule has 3 heterocycles. The van der Waals surface area contributed by atoms with Crippen LogP contribution in [0.1, 0.15) is 24.8 Å². The molecule has 2 aliphatic rings. The van der Waals surface area contributed by atoms with Crippen LogP contribution in [0.25, 0.3) is 0 Å². The fourth-order valence-corrected chi connectivity index (χ4v) is 3.20. The van der Waals surface area contributed by atoms with Crippen molar-refractivity contribution in [2.24, 2.45) is 0 Å². The molecule has 2 amide bonds. The lowest BCUT2D eigenvalue weighted by Crippen LogP contribution is -2.31. The number of hydrogen-bond acceptors (Lipinski definition) is 5. The third-order valence-corrected chi connectivity index (χ3v) is 4.57. The van der Waals surface area contributed by atoms with Crippen molar-refractivity contribution in [1.82, 2.24) is 10.3 Å². The molecule has 2 aromatic rings. The number of rotatable bonds is 4. The first-order valence-electron chi connectivity index (χ1n) is 8.92. The number of anilines is 2. The van der Waals surface area contributed by atoms with Gasteiger partial charge >= 0.3 is 6.03 Å². The van der Waals surface area contributed by atoms with Crippen LogP contribution in [0.3, 0.4) is 0 Å². The van der Waals surface area contributed by atoms with Crippen molar-refractivity contribution in [1.29, 1.82) is 0 Å². The Morgan fingerprint density at radius 3 is 2.81 bits per heavy atom. The van der Waals surface area contributed by atoms with Gasteiger partial charge < -0.3 is 25.0 Å². The maximum atomic E-state index is 12.2. The van der Waals surface area contributed by atoms with Crippen molar-refractivity contribution >= 4 is 17.5 Å². The van der Waals surface area contributed by atoms with Gasteiger partial charge in [-0.2, -0.15) is 0 Å². The molecule has 0 saturated carbocycles. The van der Waals surface area contributed by atoms with Crippen molar-refractivity contribution in [2.45, 2.75) is 25.8 Å². The summed E-state index contributed by atoms with van der Waals surface area (Å²) >= 11 is 0. The summed E-state index contributed by atoms with van der Waals surface area (Å²) in [6, 6.07) is 9.03. The third kappa shape index (κ3) is 3.82. The van der Waals surface area contributed by atoms with Gasteiger partial charge in [-0.1, -0.05) is 0 Å². The highest BCUT2D eigenvalue weighted by Gasteiger charge is 2.15. The van der Waals surface area contributed by atoms with Gasteiger partial charge in [0.25, 0.3) is 0 Å². The van der Waals surface area contributed by atoms with Crippen LogP contribution in [-0.4, -0.2) is 30.9 Å². The molecule has 1 fully saturated rings. The summed E-state index contributed by atoms with van der Waals surface area (Å²) in [6.45, 7) is 2.76. The van der Waals surface area contributed by atoms with Crippen molar-refractivity contribution in [3.8, 4) is 11.5 Å². The van der Waals surface area contributed by atoms with Crippen molar-refractivity contribution in [3.05, 3.63) is 42.1 Å². The number of fused-ring (bicyclic) bond motifs is 1. The Kier molecular flexibility index (Phi) is 4.77. The molecule has 0 aliphatic carbocycles. The fourth-order valence-electron chi connectivity index (χ4n) is 3.20. The summed E-state index contributed by atoms with van der Waals surface area (Å²) in [5, 5.41) is 5.69. The minimum atomic E-state index is -0.264. The fraction of sp³-hybridized carbons (Fsp3) is 0.368. The predicted octanol–water partition coefficient (Wildman–Crippen LogP) is 3.12. The van der Waals surface area contributed by atoms with E-state index in [9.17, 15) is 4.79 Å². The second-order valence-corrected chi connectivity index (χ2v) is 6.45. The Morgan fingerprint density at radius 2 is 1.92 bits per heavy atom. The molecule has 26 heavy (non-hydrogen) atoms. The van der Waals surface area contributed by atoms with Crippen molar-refractivity contribution < 1.29 is 14.3 Å². The number of benzene rings is 1. The number of nitrogens with one attached hydrogen (secondary N) is 2. The highest BCUT2D eigenvalue weighted by molar-refractivity contribution is 5.89. The first-order chi connectivity index (χ1) is 12.8. The lowest BCUT2D eigenvalue weighted by molar-refractivity contribution is 0.174. The smallest absolute Gasteiger partial charge is 0.319 e. The standard InChI is InChI=1S/C19H22N4O3/c24-19(22-15-4-5-16-17(11-15)26-13-25-16)21-12-14-6-7-20-18(10-14)23-8-2-1-3-9-23/h4-7,10-11H,1-3,8-9,12-13H2,(H2,21,22,24). The average Bonchev–Trinajstić information content (AvgIpc) is 3.15. The number of urea groups is 1. The maximum Gasteiger partial charge on any atom is 0.319 e. The Labute approximate surface area is 152 Å². The third-order valence-electron chi connectivity index (χ3n) is 4.57. The minimum Gasteiger partial charge on any atom is -0.454 e. The van der Waals surface area contributed by atoms with E-state index in [0.717, 1.165) is 24.5 Å². The van der Waals surface area contributed by atoms with E-state index in [4.69, 9.17) is 9.47 Å². The lowest BCUT2D eigenvalue weighted by Gasteiger charge is -2.27. The Balaban J connectivity index is 1.32. The number of pyridine rings is 1. The number of amides is 2. The molecule has 7 nitrogen and oxygen atoms in total. The topological polar surface area (TPSA) is 75.7 Å². The maximum absolute atomic E-state index is 12.2. The van der Waals surface area contributed by atoms with E-state index >= 15 is 0 Å². The lowest BCUT2D eigenvalue weighted by atomic mass is 10.1. The van der Waals surface area contributed by atoms with Gasteiger partial charge in [-0.25, -0.2) is 9.78 Å². The minimum absolute atomic E-state index is 0.215. The zero-order chi connectivity index (χ0) is 17.8. The molecule has 0 radical (unpaired) electrons. The first kappa shape index (κ1) is 16.5. The van der Waals surface area contributed by atoms with Gasteiger partial charge in [-0.15, -0.1) is 0 Å². The SMILES string of the molecule is O=C(NCc1ccnc(N2CCCCC2)c1)Nc1ccc2c(c1)OCO2. The number of ether oxygens (including phenoxy) is 2. The number of carbonyl (C=O) groups excluding carboxylic acids is 1. The van der Waals surface area contributed by atoms with E-state index in [1.807, 2.05) is 12.1 Å². The number of hydrogen-bond donors (Lipinski definition) is 2. The second kappa shape index (κ2) is 7.51. The molecule has 1 aromatic heterocycles. The van der Waals surface area contributed by atoms with E-state index in [1.54, 1.807) is 24.4 Å². The summed E-state index contributed by atoms with van der Waals surface area (Å²) in [5.74, 6) is 2.32. The van der Waals surface area contributed by atoms with E-state index in [2.05, 4.69) is 20.5 Å². The molecule has 0 bridgehead atoms. The van der Waals surface area contributed by atoms with Gasteiger partial charge in [0.05, 0.1) is 0 Å². The number of nitrogens with zero attached hydrogens (tertiary/aromatic N) is 2. The molecule has 2 aliphatic heterocycles. The van der Waals surface area contributed by atoms with Crippen LogP contribution in [0.15, 0.2) is 36.5 Å². The quantitative estimate of drug-likeness (QED) is 0.882. The summed E-state index contributed by atoms with van der Waals surface area (Å²) in [5.41, 5.74) is 1.69. The van der Waals surface area contributed by atoms with E-state index < -0.39 is 0 Å². The van der Waals surface area contributed by atoms with Crippen LogP contribution in [0.5, 0.6) is 11.5 Å². The molecule has 0 atom stereocenters. The predicted molar refractivity (Wildman–Crippen MR) is 98.7 cm³/mol. The van der Waals surface area contributed by atoms with Gasteiger partial charge in [0.2, 0.25) is 6.79 Å². The van der Waals surface area contributed by atoms with Gasteiger partial charge in [-0.3, -0.25) is 0 Å². The molecule has 136 valence electrons. The van der Waals surface area contributed by atoms with Crippen molar-refractivity contribution in [2.75, 3.05) is 30.1 Å². The van der Waals surface area contributed by atoms with Crippen LogP contribution in [0.2, 0.25) is 0 Å². The number of carbonyl (C=O) groups is 1.